The number of fused-ring (bicyclic) bond motifs is 1. The molecule has 1 fully saturated rings. The summed E-state index contributed by atoms with van der Waals surface area (Å²) in [6.07, 6.45) is 2.90. The molecule has 0 aliphatic carbocycles. The van der Waals surface area contributed by atoms with Crippen molar-refractivity contribution in [3.8, 4) is 0 Å². The monoisotopic (exact) mass is 454 g/mol. The number of nitrogens with zero attached hydrogens (tertiary/aromatic N) is 2. The molecule has 0 saturated carbocycles. The van der Waals surface area contributed by atoms with Crippen LogP contribution in [0.25, 0.3) is 5.52 Å². The average molecular weight is 455 g/mol. The molecule has 0 bridgehead atoms. The second-order valence-corrected chi connectivity index (χ2v) is 10.2. The molecular weight excluding hydrogens is 424 g/mol. The number of nitrogens with one attached hydrogen (secondary N) is 2. The third-order valence-electron chi connectivity index (χ3n) is 5.76. The summed E-state index contributed by atoms with van der Waals surface area (Å²) in [7, 11) is 0. The number of aromatic nitrogens is 1. The van der Waals surface area contributed by atoms with Gasteiger partial charge in [-0.1, -0.05) is 30.2 Å². The molecule has 3 aromatic rings. The number of allylic oxidation sites excluding steroid dienone is 1. The number of hydrogen-bond donors (Lipinski definition) is 2. The van der Waals surface area contributed by atoms with Crippen molar-refractivity contribution in [2.24, 2.45) is 0 Å². The maximum absolute atomic E-state index is 13.3. The second-order valence-electron chi connectivity index (χ2n) is 7.95. The Labute approximate surface area is 192 Å². The molecule has 5 nitrogen and oxygen atoms in total. The summed E-state index contributed by atoms with van der Waals surface area (Å²) >= 11 is 3.19. The van der Waals surface area contributed by atoms with Crippen molar-refractivity contribution < 1.29 is 0 Å². The van der Waals surface area contributed by atoms with Crippen LogP contribution >= 0.6 is 23.3 Å². The molecule has 1 saturated heterocycles. The van der Waals surface area contributed by atoms with Gasteiger partial charge < -0.3 is 15.5 Å². The molecule has 2 aromatic heterocycles. The van der Waals surface area contributed by atoms with Gasteiger partial charge in [-0.15, -0.1) is 0 Å². The normalized spacial score (nSPS) is 15.3. The van der Waals surface area contributed by atoms with Gasteiger partial charge in [-0.05, 0) is 68.7 Å². The largest absolute Gasteiger partial charge is 0.369 e. The lowest BCUT2D eigenvalue weighted by atomic mass is 10.2. The zero-order valence-electron chi connectivity index (χ0n) is 18.6. The Morgan fingerprint density at radius 1 is 1.16 bits per heavy atom. The molecule has 0 amide bonds. The molecule has 31 heavy (non-hydrogen) atoms. The number of anilines is 2. The fourth-order valence-electron chi connectivity index (χ4n) is 3.73. The number of thioether (sulfide) groups is 1. The van der Waals surface area contributed by atoms with Gasteiger partial charge in [0.15, 0.2) is 0 Å². The topological polar surface area (TPSA) is 48.8 Å². The first kappa shape index (κ1) is 22.0. The molecule has 164 valence electrons. The number of rotatable bonds is 6. The van der Waals surface area contributed by atoms with Gasteiger partial charge in [0.05, 0.1) is 9.92 Å². The van der Waals surface area contributed by atoms with Crippen LogP contribution in [0.3, 0.4) is 0 Å². The molecule has 0 radical (unpaired) electrons. The highest BCUT2D eigenvalue weighted by molar-refractivity contribution is 8.03. The lowest BCUT2D eigenvalue weighted by Crippen LogP contribution is -2.43. The summed E-state index contributed by atoms with van der Waals surface area (Å²) in [5.74, 6) is 0. The third kappa shape index (κ3) is 4.68. The summed E-state index contributed by atoms with van der Waals surface area (Å²) in [6, 6.07) is 10.6. The number of piperazine rings is 1. The van der Waals surface area contributed by atoms with Crippen LogP contribution < -0.4 is 21.0 Å². The van der Waals surface area contributed by atoms with Gasteiger partial charge in [-0.25, -0.2) is 0 Å². The first-order valence-electron chi connectivity index (χ1n) is 10.8. The molecule has 3 heterocycles. The SMILES string of the molecule is CC/C(C)=C(\Nc1ccc(N2CCNCC2)cc1)Sc1c(C)sn2ccc(C)c2c1=O. The van der Waals surface area contributed by atoms with E-state index in [-0.39, 0.29) is 5.43 Å². The Bertz CT molecular complexity index is 1150. The van der Waals surface area contributed by atoms with Crippen molar-refractivity contribution in [1.29, 1.82) is 0 Å². The standard InChI is InChI=1S/C24H30N4OS2/c1-5-16(2)24(26-19-6-8-20(9-7-19)27-14-11-25-12-15-27)30-23-18(4)31-28-13-10-17(3)21(28)22(23)29/h6-10,13,25-26H,5,11-12,14-15H2,1-4H3/b24-16+. The van der Waals surface area contributed by atoms with E-state index in [1.165, 1.54) is 11.3 Å². The van der Waals surface area contributed by atoms with Gasteiger partial charge in [-0.3, -0.25) is 8.58 Å². The van der Waals surface area contributed by atoms with E-state index >= 15 is 0 Å². The van der Waals surface area contributed by atoms with E-state index in [0.29, 0.717) is 0 Å². The Kier molecular flexibility index (Phi) is 6.74. The van der Waals surface area contributed by atoms with Crippen LogP contribution in [0, 0.1) is 13.8 Å². The second kappa shape index (κ2) is 9.51. The fraction of sp³-hybridized carbons (Fsp3) is 0.375. The highest BCUT2D eigenvalue weighted by Crippen LogP contribution is 2.33. The van der Waals surface area contributed by atoms with E-state index < -0.39 is 0 Å². The molecule has 7 heteroatoms. The van der Waals surface area contributed by atoms with Crippen LogP contribution in [-0.4, -0.2) is 30.0 Å². The van der Waals surface area contributed by atoms with Crippen molar-refractivity contribution in [3.63, 3.8) is 0 Å². The molecule has 0 spiro atoms. The number of hydrogen-bond acceptors (Lipinski definition) is 6. The van der Waals surface area contributed by atoms with E-state index in [0.717, 1.165) is 64.2 Å². The van der Waals surface area contributed by atoms with E-state index in [1.54, 1.807) is 23.3 Å². The Morgan fingerprint density at radius 3 is 2.55 bits per heavy atom. The van der Waals surface area contributed by atoms with Crippen molar-refractivity contribution in [2.75, 3.05) is 36.4 Å². The minimum atomic E-state index is 0.112. The number of aryl methyl sites for hydroxylation is 2. The van der Waals surface area contributed by atoms with Crippen LogP contribution in [0.5, 0.6) is 0 Å². The summed E-state index contributed by atoms with van der Waals surface area (Å²) in [5, 5.41) is 8.03. The van der Waals surface area contributed by atoms with Gasteiger partial charge in [-0.2, -0.15) is 0 Å². The molecule has 0 atom stereocenters. The minimum Gasteiger partial charge on any atom is -0.369 e. The maximum atomic E-state index is 13.3. The molecule has 1 aromatic carbocycles. The smallest absolute Gasteiger partial charge is 0.218 e. The summed E-state index contributed by atoms with van der Waals surface area (Å²) in [6.45, 7) is 12.5. The van der Waals surface area contributed by atoms with Crippen molar-refractivity contribution in [3.05, 3.63) is 67.8 Å². The summed E-state index contributed by atoms with van der Waals surface area (Å²) in [4.78, 5) is 17.5. The predicted octanol–water partition coefficient (Wildman–Crippen LogP) is 5.23. The third-order valence-corrected chi connectivity index (χ3v) is 8.22. The lowest BCUT2D eigenvalue weighted by Gasteiger charge is -2.29. The van der Waals surface area contributed by atoms with E-state index in [4.69, 9.17) is 0 Å². The summed E-state index contributed by atoms with van der Waals surface area (Å²) < 4.78 is 1.98. The predicted molar refractivity (Wildman–Crippen MR) is 135 cm³/mol. The van der Waals surface area contributed by atoms with E-state index in [2.05, 4.69) is 53.6 Å². The molecular formula is C24H30N4OS2. The van der Waals surface area contributed by atoms with Gasteiger partial charge in [0, 0.05) is 48.6 Å². The van der Waals surface area contributed by atoms with E-state index in [9.17, 15) is 4.79 Å². The van der Waals surface area contributed by atoms with Crippen LogP contribution in [-0.2, 0) is 0 Å². The zero-order chi connectivity index (χ0) is 22.0. The quantitative estimate of drug-likeness (QED) is 0.499. The molecule has 1 aliphatic rings. The first-order valence-corrected chi connectivity index (χ1v) is 12.4. The van der Waals surface area contributed by atoms with Crippen LogP contribution in [0.1, 0.15) is 30.7 Å². The van der Waals surface area contributed by atoms with Crippen molar-refractivity contribution in [2.45, 2.75) is 39.0 Å². The van der Waals surface area contributed by atoms with Gasteiger partial charge >= 0.3 is 0 Å². The molecule has 1 aliphatic heterocycles. The van der Waals surface area contributed by atoms with Crippen molar-refractivity contribution in [1.82, 2.24) is 9.11 Å². The first-order chi connectivity index (χ1) is 15.0. The molecule has 4 rings (SSSR count). The summed E-state index contributed by atoms with van der Waals surface area (Å²) in [5.41, 5.74) is 5.46. The van der Waals surface area contributed by atoms with Gasteiger partial charge in [0.2, 0.25) is 5.43 Å². The zero-order valence-corrected chi connectivity index (χ0v) is 20.3. The van der Waals surface area contributed by atoms with E-state index in [1.807, 2.05) is 29.9 Å². The van der Waals surface area contributed by atoms with Gasteiger partial charge in [0.25, 0.3) is 0 Å². The van der Waals surface area contributed by atoms with Crippen molar-refractivity contribution >= 4 is 40.2 Å². The lowest BCUT2D eigenvalue weighted by molar-refractivity contribution is 0.589. The van der Waals surface area contributed by atoms with Crippen LogP contribution in [0.2, 0.25) is 0 Å². The fourth-order valence-corrected chi connectivity index (χ4v) is 5.90. The number of benzene rings is 1. The Hall–Kier alpha value is -2.22. The van der Waals surface area contributed by atoms with Crippen LogP contribution in [0.15, 0.2) is 56.8 Å². The minimum absolute atomic E-state index is 0.112. The highest BCUT2D eigenvalue weighted by atomic mass is 32.2. The molecule has 2 N–H and O–H groups in total. The maximum Gasteiger partial charge on any atom is 0.218 e. The Morgan fingerprint density at radius 2 is 1.87 bits per heavy atom. The van der Waals surface area contributed by atoms with Crippen LogP contribution in [0.4, 0.5) is 11.4 Å². The highest BCUT2D eigenvalue weighted by Gasteiger charge is 2.16. The average Bonchev–Trinajstić information content (AvgIpc) is 3.16. The Balaban J connectivity index is 1.60. The van der Waals surface area contributed by atoms with Gasteiger partial charge in [0.1, 0.15) is 5.52 Å². The molecule has 0 unspecified atom stereocenters.